The smallest absolute Gasteiger partial charge is 0.267 e. The number of aliphatic imine (C=N–C) groups is 1. The van der Waals surface area contributed by atoms with Crippen molar-refractivity contribution >= 4 is 34.8 Å². The van der Waals surface area contributed by atoms with Crippen molar-refractivity contribution in [3.63, 3.8) is 0 Å². The number of carbonyl (C=O) groups excluding carboxylic acids is 1. The fourth-order valence-corrected chi connectivity index (χ4v) is 6.70. The Balaban J connectivity index is 1.37. The van der Waals surface area contributed by atoms with Crippen LogP contribution in [-0.4, -0.2) is 41.1 Å². The van der Waals surface area contributed by atoms with E-state index >= 15 is 0 Å². The minimum Gasteiger partial charge on any atom is -0.441 e. The molecule has 2 aliphatic carbocycles. The molecular weight excluding hydrogens is 418 g/mol. The third kappa shape index (κ3) is 5.11. The number of amides is 1. The number of rotatable bonds is 4. The largest absolute Gasteiger partial charge is 0.441 e. The predicted octanol–water partition coefficient (Wildman–Crippen LogP) is 6.60. The Morgan fingerprint density at radius 2 is 1.53 bits per heavy atom. The molecule has 2 saturated carbocycles. The molecule has 2 aliphatic heterocycles. The molecule has 1 amide bonds. The van der Waals surface area contributed by atoms with Crippen molar-refractivity contribution in [2.75, 3.05) is 18.0 Å². The average Bonchev–Trinajstić information content (AvgIpc) is 3.28. The molecule has 0 aromatic carbocycles. The molecule has 1 aromatic rings. The molecule has 4 aliphatic rings. The lowest BCUT2D eigenvalue weighted by atomic mass is 9.94. The topological polar surface area (TPSA) is 49.1 Å². The number of thioether (sulfide) groups is 1. The summed E-state index contributed by atoms with van der Waals surface area (Å²) >= 11 is 1.57. The van der Waals surface area contributed by atoms with Gasteiger partial charge >= 0.3 is 0 Å². The highest BCUT2D eigenvalue weighted by atomic mass is 32.2. The van der Waals surface area contributed by atoms with E-state index in [2.05, 4.69) is 11.0 Å². The van der Waals surface area contributed by atoms with Crippen molar-refractivity contribution in [2.45, 2.75) is 102 Å². The molecule has 2 saturated heterocycles. The van der Waals surface area contributed by atoms with Crippen molar-refractivity contribution < 1.29 is 9.21 Å². The molecule has 32 heavy (non-hydrogen) atoms. The molecule has 0 atom stereocenters. The van der Waals surface area contributed by atoms with Gasteiger partial charge in [-0.15, -0.1) is 0 Å². The van der Waals surface area contributed by atoms with E-state index in [-0.39, 0.29) is 5.91 Å². The third-order valence-electron chi connectivity index (χ3n) is 7.45. The summed E-state index contributed by atoms with van der Waals surface area (Å²) in [5.41, 5.74) is 0. The lowest BCUT2D eigenvalue weighted by molar-refractivity contribution is -0.124. The number of anilines is 1. The Kier molecular flexibility index (Phi) is 7.25. The Bertz CT molecular complexity index is 841. The molecule has 0 spiro atoms. The highest BCUT2D eigenvalue weighted by Crippen LogP contribution is 2.39. The van der Waals surface area contributed by atoms with Crippen LogP contribution in [-0.2, 0) is 4.79 Å². The fourth-order valence-electron chi connectivity index (χ4n) is 5.61. The van der Waals surface area contributed by atoms with E-state index < -0.39 is 0 Å². The zero-order valence-electron chi connectivity index (χ0n) is 19.3. The van der Waals surface area contributed by atoms with E-state index in [9.17, 15) is 4.79 Å². The first kappa shape index (κ1) is 22.1. The molecule has 5 nitrogen and oxygen atoms in total. The van der Waals surface area contributed by atoms with Crippen LogP contribution in [0.2, 0.25) is 0 Å². The number of hydrogen-bond donors (Lipinski definition) is 0. The normalized spacial score (nSPS) is 26.9. The molecule has 5 rings (SSSR count). The minimum absolute atomic E-state index is 0.129. The lowest BCUT2D eigenvalue weighted by Gasteiger charge is -2.31. The molecule has 0 unspecified atom stereocenters. The molecule has 0 radical (unpaired) electrons. The van der Waals surface area contributed by atoms with Gasteiger partial charge in [0.1, 0.15) is 5.76 Å². The van der Waals surface area contributed by atoms with Gasteiger partial charge in [0, 0.05) is 31.3 Å². The van der Waals surface area contributed by atoms with E-state index in [0.29, 0.717) is 12.1 Å². The summed E-state index contributed by atoms with van der Waals surface area (Å²) in [6.45, 7) is 2.12. The van der Waals surface area contributed by atoms with Crippen LogP contribution in [0, 0.1) is 0 Å². The first-order chi connectivity index (χ1) is 15.8. The van der Waals surface area contributed by atoms with Crippen molar-refractivity contribution in [3.8, 4) is 0 Å². The Morgan fingerprint density at radius 1 is 0.875 bits per heavy atom. The van der Waals surface area contributed by atoms with Gasteiger partial charge in [0.05, 0.1) is 10.9 Å². The lowest BCUT2D eigenvalue weighted by Crippen LogP contribution is -2.41. The maximum Gasteiger partial charge on any atom is 0.267 e. The van der Waals surface area contributed by atoms with Crippen LogP contribution < -0.4 is 4.90 Å². The summed E-state index contributed by atoms with van der Waals surface area (Å²) in [5.74, 6) is 1.85. The van der Waals surface area contributed by atoms with Crippen LogP contribution in [0.5, 0.6) is 0 Å². The number of nitrogens with zero attached hydrogens (tertiary/aromatic N) is 3. The molecule has 0 N–H and O–H groups in total. The first-order valence-electron chi connectivity index (χ1n) is 12.9. The van der Waals surface area contributed by atoms with Gasteiger partial charge in [0.15, 0.2) is 11.1 Å². The second kappa shape index (κ2) is 10.5. The van der Waals surface area contributed by atoms with Gasteiger partial charge in [-0.05, 0) is 56.4 Å². The zero-order valence-corrected chi connectivity index (χ0v) is 20.1. The summed E-state index contributed by atoms with van der Waals surface area (Å²) < 4.78 is 6.18. The van der Waals surface area contributed by atoms with Gasteiger partial charge in [-0.25, -0.2) is 0 Å². The van der Waals surface area contributed by atoms with Crippen LogP contribution >= 0.6 is 11.8 Å². The quantitative estimate of drug-likeness (QED) is 0.480. The fraction of sp³-hybridized carbons (Fsp3) is 0.692. The number of furan rings is 1. The van der Waals surface area contributed by atoms with Crippen molar-refractivity contribution in [2.24, 2.45) is 4.99 Å². The highest BCUT2D eigenvalue weighted by molar-refractivity contribution is 8.18. The summed E-state index contributed by atoms with van der Waals surface area (Å²) in [6, 6.07) is 4.77. The van der Waals surface area contributed by atoms with Crippen LogP contribution in [0.15, 0.2) is 26.4 Å². The van der Waals surface area contributed by atoms with E-state index in [1.54, 1.807) is 11.8 Å². The monoisotopic (exact) mass is 455 g/mol. The Hall–Kier alpha value is -1.69. The van der Waals surface area contributed by atoms with Crippen LogP contribution in [0.3, 0.4) is 0 Å². The first-order valence-corrected chi connectivity index (χ1v) is 13.8. The average molecular weight is 456 g/mol. The van der Waals surface area contributed by atoms with E-state index in [0.717, 1.165) is 60.5 Å². The summed E-state index contributed by atoms with van der Waals surface area (Å²) in [5, 5.41) is 0.944. The molecule has 4 fully saturated rings. The van der Waals surface area contributed by atoms with Crippen molar-refractivity contribution in [3.05, 3.63) is 22.8 Å². The second-order valence-electron chi connectivity index (χ2n) is 9.86. The SMILES string of the molecule is O=C1C(=Cc2ccc(N3CCCCCC3)o2)SC(=NC2CCCCC2)N1C1CCCCC1. The summed E-state index contributed by atoms with van der Waals surface area (Å²) in [4.78, 5) is 23.8. The van der Waals surface area contributed by atoms with Crippen molar-refractivity contribution in [1.82, 2.24) is 4.90 Å². The molecular formula is C26H37N3O2S. The maximum atomic E-state index is 13.5. The maximum absolute atomic E-state index is 13.5. The highest BCUT2D eigenvalue weighted by Gasteiger charge is 2.39. The Morgan fingerprint density at radius 3 is 2.25 bits per heavy atom. The number of hydrogen-bond acceptors (Lipinski definition) is 5. The molecule has 6 heteroatoms. The van der Waals surface area contributed by atoms with Gasteiger partial charge in [0.25, 0.3) is 5.91 Å². The molecule has 1 aromatic heterocycles. The minimum atomic E-state index is 0.129. The zero-order chi connectivity index (χ0) is 21.8. The molecule has 174 valence electrons. The second-order valence-corrected chi connectivity index (χ2v) is 10.9. The van der Waals surface area contributed by atoms with Gasteiger partial charge in [-0.3, -0.25) is 14.7 Å². The van der Waals surface area contributed by atoms with Gasteiger partial charge < -0.3 is 9.32 Å². The van der Waals surface area contributed by atoms with Crippen LogP contribution in [0.1, 0.15) is 95.7 Å². The van der Waals surface area contributed by atoms with Crippen molar-refractivity contribution in [1.29, 1.82) is 0 Å². The van der Waals surface area contributed by atoms with Gasteiger partial charge in [-0.1, -0.05) is 51.4 Å². The van der Waals surface area contributed by atoms with E-state index in [4.69, 9.17) is 9.41 Å². The van der Waals surface area contributed by atoms with Crippen LogP contribution in [0.25, 0.3) is 6.08 Å². The molecule has 3 heterocycles. The van der Waals surface area contributed by atoms with E-state index in [1.165, 1.54) is 64.2 Å². The summed E-state index contributed by atoms with van der Waals surface area (Å²) in [7, 11) is 0. The van der Waals surface area contributed by atoms with E-state index in [1.807, 2.05) is 17.0 Å². The van der Waals surface area contributed by atoms with Crippen LogP contribution in [0.4, 0.5) is 5.88 Å². The predicted molar refractivity (Wildman–Crippen MR) is 133 cm³/mol. The number of carbonyl (C=O) groups is 1. The van der Waals surface area contributed by atoms with Gasteiger partial charge in [0.2, 0.25) is 0 Å². The number of amidine groups is 1. The standard InChI is InChI=1S/C26H37N3O2S/c30-25-23(19-22-15-16-24(31-22)28-17-9-1-2-10-18-28)32-26(27-20-11-5-3-6-12-20)29(25)21-13-7-4-8-14-21/h15-16,19-21H,1-14,17-18H2. The summed E-state index contributed by atoms with van der Waals surface area (Å²) in [6.07, 6.45) is 19.1. The van der Waals surface area contributed by atoms with Gasteiger partial charge in [-0.2, -0.15) is 0 Å². The Labute approximate surface area is 196 Å². The molecule has 0 bridgehead atoms. The third-order valence-corrected chi connectivity index (χ3v) is 8.45.